The molecule has 0 bridgehead atoms. The topological polar surface area (TPSA) is 103 Å². The van der Waals surface area contributed by atoms with Crippen molar-refractivity contribution < 1.29 is 27.4 Å². The second-order valence-corrected chi connectivity index (χ2v) is 11.2. The maximum Gasteiger partial charge on any atom is 0.254 e. The van der Waals surface area contributed by atoms with Crippen LogP contribution >= 0.6 is 0 Å². The van der Waals surface area contributed by atoms with Gasteiger partial charge in [0.25, 0.3) is 5.91 Å². The van der Waals surface area contributed by atoms with E-state index in [-0.39, 0.29) is 37.9 Å². The molecule has 2 N–H and O–H groups in total. The molecule has 0 saturated carbocycles. The summed E-state index contributed by atoms with van der Waals surface area (Å²) >= 11 is 0. The molecule has 0 unspecified atom stereocenters. The summed E-state index contributed by atoms with van der Waals surface area (Å²) in [6, 6.07) is 10.2. The van der Waals surface area contributed by atoms with Crippen molar-refractivity contribution in [3.05, 3.63) is 65.1 Å². The SMILES string of the molecule is CCS(=O)(=O)N1CC2(CN(C(=O)c3ccc(F)cc3)[C@H](CO)c3[nH]c4cc(OC)ccc4c32)C1. The number of benzene rings is 2. The number of amides is 1. The lowest BCUT2D eigenvalue weighted by molar-refractivity contribution is 0.0248. The van der Waals surface area contributed by atoms with E-state index in [1.807, 2.05) is 18.2 Å². The zero-order chi connectivity index (χ0) is 24.3. The van der Waals surface area contributed by atoms with Gasteiger partial charge in [-0.25, -0.2) is 12.8 Å². The standard InChI is InChI=1S/C24H26FN3O5S/c1-3-34(31,32)27-12-24(13-27)14-28(23(30)15-4-6-16(25)7-5-15)20(11-29)22-21(24)18-9-8-17(33-2)10-19(18)26-22/h4-10,20,26,29H,3,11-14H2,1-2H3/t20-/m1/s1. The van der Waals surface area contributed by atoms with E-state index in [1.165, 1.54) is 28.6 Å². The van der Waals surface area contributed by atoms with Gasteiger partial charge in [0, 0.05) is 53.3 Å². The minimum absolute atomic E-state index is 0.00148. The summed E-state index contributed by atoms with van der Waals surface area (Å²) in [6.45, 7) is 1.99. The van der Waals surface area contributed by atoms with Gasteiger partial charge in [-0.1, -0.05) is 0 Å². The number of carbonyl (C=O) groups excluding carboxylic acids is 1. The van der Waals surface area contributed by atoms with Gasteiger partial charge in [-0.05, 0) is 48.9 Å². The number of sulfonamides is 1. The van der Waals surface area contributed by atoms with E-state index in [0.29, 0.717) is 17.0 Å². The first kappa shape index (κ1) is 22.8. The van der Waals surface area contributed by atoms with Crippen molar-refractivity contribution >= 4 is 26.8 Å². The van der Waals surface area contributed by atoms with Crippen molar-refractivity contribution in [2.24, 2.45) is 0 Å². The second kappa shape index (κ2) is 8.07. The molecule has 2 aromatic carbocycles. The largest absolute Gasteiger partial charge is 0.497 e. The van der Waals surface area contributed by atoms with Crippen molar-refractivity contribution in [3.63, 3.8) is 0 Å². The normalized spacial score (nSPS) is 19.8. The van der Waals surface area contributed by atoms with Gasteiger partial charge in [-0.15, -0.1) is 0 Å². The van der Waals surface area contributed by atoms with Crippen molar-refractivity contribution in [3.8, 4) is 5.75 Å². The molecule has 0 aliphatic carbocycles. The molecule has 2 aliphatic rings. The highest BCUT2D eigenvalue weighted by Gasteiger charge is 2.56. The summed E-state index contributed by atoms with van der Waals surface area (Å²) in [5.74, 6) is -0.143. The van der Waals surface area contributed by atoms with Crippen molar-refractivity contribution in [1.29, 1.82) is 0 Å². The molecule has 1 atom stereocenters. The Kier molecular flexibility index (Phi) is 5.42. The highest BCUT2D eigenvalue weighted by atomic mass is 32.2. The highest BCUT2D eigenvalue weighted by Crippen LogP contribution is 2.49. The first-order chi connectivity index (χ1) is 16.2. The Morgan fingerprint density at radius 2 is 1.91 bits per heavy atom. The molecule has 1 saturated heterocycles. The van der Waals surface area contributed by atoms with E-state index in [1.54, 1.807) is 18.9 Å². The van der Waals surface area contributed by atoms with Gasteiger partial charge in [-0.2, -0.15) is 4.31 Å². The van der Waals surface area contributed by atoms with Gasteiger partial charge in [-0.3, -0.25) is 4.79 Å². The lowest BCUT2D eigenvalue weighted by Gasteiger charge is -2.55. The molecule has 2 aliphatic heterocycles. The number of fused-ring (bicyclic) bond motifs is 4. The number of nitrogens with zero attached hydrogens (tertiary/aromatic N) is 2. The first-order valence-electron chi connectivity index (χ1n) is 11.1. The smallest absolute Gasteiger partial charge is 0.254 e. The fourth-order valence-electron chi connectivity index (χ4n) is 5.24. The summed E-state index contributed by atoms with van der Waals surface area (Å²) in [5, 5.41) is 11.3. The monoisotopic (exact) mass is 487 g/mol. The molecule has 1 amide bonds. The first-order valence-corrected chi connectivity index (χ1v) is 12.7. The average molecular weight is 488 g/mol. The number of aliphatic hydroxyl groups excluding tert-OH is 1. The Morgan fingerprint density at radius 1 is 1.21 bits per heavy atom. The lowest BCUT2D eigenvalue weighted by Crippen LogP contribution is -2.68. The number of H-pyrrole nitrogens is 1. The number of carbonyl (C=O) groups is 1. The van der Waals surface area contributed by atoms with Gasteiger partial charge in [0.15, 0.2) is 0 Å². The number of aromatic amines is 1. The van der Waals surface area contributed by atoms with E-state index in [0.717, 1.165) is 16.5 Å². The van der Waals surface area contributed by atoms with E-state index in [2.05, 4.69) is 4.98 Å². The van der Waals surface area contributed by atoms with Gasteiger partial charge >= 0.3 is 0 Å². The van der Waals surface area contributed by atoms with E-state index in [9.17, 15) is 22.7 Å². The third-order valence-electron chi connectivity index (χ3n) is 6.99. The van der Waals surface area contributed by atoms with Crippen LogP contribution in [0, 0.1) is 5.82 Å². The van der Waals surface area contributed by atoms with Crippen LogP contribution in [0.2, 0.25) is 0 Å². The van der Waals surface area contributed by atoms with Crippen LogP contribution in [-0.2, 0) is 15.4 Å². The molecular formula is C24H26FN3O5S. The van der Waals surface area contributed by atoms with Crippen LogP contribution in [0.3, 0.4) is 0 Å². The number of halogens is 1. The predicted molar refractivity (Wildman–Crippen MR) is 125 cm³/mol. The molecule has 3 aromatic rings. The quantitative estimate of drug-likeness (QED) is 0.575. The van der Waals surface area contributed by atoms with Crippen LogP contribution in [-0.4, -0.2) is 72.7 Å². The van der Waals surface area contributed by atoms with Crippen LogP contribution in [0.15, 0.2) is 42.5 Å². The number of hydrogen-bond acceptors (Lipinski definition) is 5. The Hall–Kier alpha value is -2.95. The van der Waals surface area contributed by atoms with Crippen molar-refractivity contribution in [2.45, 2.75) is 18.4 Å². The molecule has 0 radical (unpaired) electrons. The number of aromatic nitrogens is 1. The van der Waals surface area contributed by atoms with Crippen molar-refractivity contribution in [1.82, 2.24) is 14.2 Å². The molecule has 1 fully saturated rings. The van der Waals surface area contributed by atoms with Crippen LogP contribution in [0.5, 0.6) is 5.75 Å². The minimum atomic E-state index is -3.39. The van der Waals surface area contributed by atoms with Gasteiger partial charge in [0.1, 0.15) is 11.6 Å². The van der Waals surface area contributed by atoms with Crippen LogP contribution in [0.1, 0.15) is 34.6 Å². The third kappa shape index (κ3) is 3.40. The number of rotatable bonds is 5. The van der Waals surface area contributed by atoms with E-state index >= 15 is 0 Å². The minimum Gasteiger partial charge on any atom is -0.497 e. The number of hydrogen-bond donors (Lipinski definition) is 2. The number of ether oxygens (including phenoxy) is 1. The van der Waals surface area contributed by atoms with Crippen molar-refractivity contribution in [2.75, 3.05) is 39.1 Å². The summed E-state index contributed by atoms with van der Waals surface area (Å²) in [7, 11) is -1.82. The molecule has 1 spiro atoms. The fourth-order valence-corrected chi connectivity index (χ4v) is 6.50. The molecule has 5 rings (SSSR count). The van der Waals surface area contributed by atoms with Crippen LogP contribution in [0.25, 0.3) is 10.9 Å². The Morgan fingerprint density at radius 3 is 2.53 bits per heavy atom. The second-order valence-electron chi connectivity index (χ2n) is 8.91. The van der Waals surface area contributed by atoms with Gasteiger partial charge in [0.2, 0.25) is 10.0 Å². The number of aliphatic hydroxyl groups is 1. The maximum atomic E-state index is 13.5. The summed E-state index contributed by atoms with van der Waals surface area (Å²) in [5.41, 5.74) is 2.06. The average Bonchev–Trinajstić information content (AvgIpc) is 3.20. The molecule has 180 valence electrons. The van der Waals surface area contributed by atoms with E-state index < -0.39 is 27.3 Å². The maximum absolute atomic E-state index is 13.5. The Bertz CT molecular complexity index is 1360. The van der Waals surface area contributed by atoms with Gasteiger partial charge < -0.3 is 19.7 Å². The number of methoxy groups -OCH3 is 1. The molecular weight excluding hydrogens is 461 g/mol. The Balaban J connectivity index is 1.64. The third-order valence-corrected chi connectivity index (χ3v) is 8.76. The fraction of sp³-hybridized carbons (Fsp3) is 0.375. The number of nitrogens with one attached hydrogen (secondary N) is 1. The predicted octanol–water partition coefficient (Wildman–Crippen LogP) is 2.41. The van der Waals surface area contributed by atoms with Crippen LogP contribution in [0.4, 0.5) is 4.39 Å². The molecule has 3 heterocycles. The zero-order valence-electron chi connectivity index (χ0n) is 18.9. The van der Waals surface area contributed by atoms with Gasteiger partial charge in [0.05, 0.1) is 25.5 Å². The molecule has 10 heteroatoms. The van der Waals surface area contributed by atoms with E-state index in [4.69, 9.17) is 4.74 Å². The molecule has 34 heavy (non-hydrogen) atoms. The summed E-state index contributed by atoms with van der Waals surface area (Å²) in [4.78, 5) is 18.4. The Labute approximate surface area is 197 Å². The summed E-state index contributed by atoms with van der Waals surface area (Å²) < 4.78 is 45.3. The van der Waals surface area contributed by atoms with Crippen LogP contribution < -0.4 is 4.74 Å². The highest BCUT2D eigenvalue weighted by molar-refractivity contribution is 7.89. The molecule has 1 aromatic heterocycles. The lowest BCUT2D eigenvalue weighted by atomic mass is 9.70. The zero-order valence-corrected chi connectivity index (χ0v) is 19.7. The molecule has 8 nitrogen and oxygen atoms in total. The summed E-state index contributed by atoms with van der Waals surface area (Å²) in [6.07, 6.45) is 0.